The molecule has 1 aromatic heterocycles. The first-order valence-corrected chi connectivity index (χ1v) is 10.4. The number of rotatable bonds is 7. The standard InChI is InChI=1S/C19H27N7OS.HI/c1-25(2)18(27)12-21-19(20-10-11-28-16-6-4-3-5-7-16)24-15-8-9-17-22-14-23-26(17)13-15;/h3-7,14-15H,8-13H2,1-2H3,(H2,20,21,24);1H. The molecule has 8 nitrogen and oxygen atoms in total. The van der Waals surface area contributed by atoms with Crippen molar-refractivity contribution in [1.29, 1.82) is 0 Å². The molecular formula is C19H28IN7OS. The zero-order valence-electron chi connectivity index (χ0n) is 16.7. The molecule has 0 spiro atoms. The highest BCUT2D eigenvalue weighted by atomic mass is 127. The minimum atomic E-state index is -0.0260. The molecule has 1 atom stereocenters. The van der Waals surface area contributed by atoms with Crippen LogP contribution in [-0.4, -0.2) is 70.5 Å². The fourth-order valence-electron chi connectivity index (χ4n) is 2.84. The van der Waals surface area contributed by atoms with Gasteiger partial charge in [0.2, 0.25) is 5.91 Å². The van der Waals surface area contributed by atoms with Gasteiger partial charge in [0.25, 0.3) is 0 Å². The summed E-state index contributed by atoms with van der Waals surface area (Å²) in [5, 5.41) is 11.1. The molecule has 0 saturated heterocycles. The number of thioether (sulfide) groups is 1. The fourth-order valence-corrected chi connectivity index (χ4v) is 3.63. The summed E-state index contributed by atoms with van der Waals surface area (Å²) in [6, 6.07) is 10.5. The molecule has 1 aliphatic heterocycles. The molecule has 29 heavy (non-hydrogen) atoms. The topological polar surface area (TPSA) is 87.4 Å². The van der Waals surface area contributed by atoms with E-state index in [2.05, 4.69) is 37.8 Å². The Morgan fingerprint density at radius 1 is 1.34 bits per heavy atom. The maximum atomic E-state index is 11.9. The number of nitrogens with zero attached hydrogens (tertiary/aromatic N) is 5. The number of benzene rings is 1. The number of carbonyl (C=O) groups is 1. The maximum Gasteiger partial charge on any atom is 0.243 e. The van der Waals surface area contributed by atoms with Crippen LogP contribution < -0.4 is 10.6 Å². The minimum Gasteiger partial charge on any atom is -0.356 e. The van der Waals surface area contributed by atoms with Crippen molar-refractivity contribution in [1.82, 2.24) is 30.3 Å². The van der Waals surface area contributed by atoms with Gasteiger partial charge in [0.05, 0.1) is 6.54 Å². The number of halogens is 1. The quantitative estimate of drug-likeness (QED) is 0.187. The Morgan fingerprint density at radius 2 is 2.14 bits per heavy atom. The summed E-state index contributed by atoms with van der Waals surface area (Å²) in [4.78, 5) is 23.5. The Kier molecular flexibility index (Phi) is 9.71. The Labute approximate surface area is 193 Å². The number of carbonyl (C=O) groups excluding carboxylic acids is 1. The molecule has 158 valence electrons. The number of fused-ring (bicyclic) bond motifs is 1. The van der Waals surface area contributed by atoms with Gasteiger partial charge in [-0.05, 0) is 18.6 Å². The van der Waals surface area contributed by atoms with Crippen LogP contribution in [0, 0.1) is 0 Å². The fraction of sp³-hybridized carbons (Fsp3) is 0.474. The van der Waals surface area contributed by atoms with Crippen LogP contribution in [-0.2, 0) is 17.8 Å². The van der Waals surface area contributed by atoms with Crippen molar-refractivity contribution in [3.63, 3.8) is 0 Å². The van der Waals surface area contributed by atoms with Crippen molar-refractivity contribution in [2.75, 3.05) is 32.9 Å². The second kappa shape index (κ2) is 12.0. The van der Waals surface area contributed by atoms with Gasteiger partial charge in [-0.2, -0.15) is 5.10 Å². The first-order chi connectivity index (χ1) is 13.6. The number of aliphatic imine (C=N–C) groups is 1. The predicted molar refractivity (Wildman–Crippen MR) is 127 cm³/mol. The van der Waals surface area contributed by atoms with E-state index in [-0.39, 0.29) is 42.5 Å². The summed E-state index contributed by atoms with van der Waals surface area (Å²) in [6.07, 6.45) is 3.44. The number of hydrogen-bond donors (Lipinski definition) is 2. The molecule has 0 aliphatic carbocycles. The van der Waals surface area contributed by atoms with Crippen LogP contribution in [0.5, 0.6) is 0 Å². The number of likely N-dealkylation sites (N-methyl/N-ethyl adjacent to an activating group) is 1. The van der Waals surface area contributed by atoms with Crippen molar-refractivity contribution < 1.29 is 4.79 Å². The third kappa shape index (κ3) is 7.50. The number of nitrogens with one attached hydrogen (secondary N) is 2. The van der Waals surface area contributed by atoms with Crippen LogP contribution in [0.4, 0.5) is 0 Å². The number of aromatic nitrogens is 3. The Morgan fingerprint density at radius 3 is 2.90 bits per heavy atom. The predicted octanol–water partition coefficient (Wildman–Crippen LogP) is 1.63. The van der Waals surface area contributed by atoms with Crippen molar-refractivity contribution in [2.45, 2.75) is 30.3 Å². The van der Waals surface area contributed by atoms with Gasteiger partial charge in [0.15, 0.2) is 5.96 Å². The normalized spacial score (nSPS) is 15.8. The molecule has 1 aromatic carbocycles. The van der Waals surface area contributed by atoms with Gasteiger partial charge in [-0.1, -0.05) is 18.2 Å². The van der Waals surface area contributed by atoms with Gasteiger partial charge in [-0.15, -0.1) is 35.7 Å². The van der Waals surface area contributed by atoms with Crippen molar-refractivity contribution in [3.8, 4) is 0 Å². The Balaban J connectivity index is 0.00000300. The third-order valence-electron chi connectivity index (χ3n) is 4.42. The molecule has 1 unspecified atom stereocenters. The van der Waals surface area contributed by atoms with Crippen molar-refractivity contribution >= 4 is 47.6 Å². The van der Waals surface area contributed by atoms with E-state index in [0.717, 1.165) is 37.5 Å². The van der Waals surface area contributed by atoms with Gasteiger partial charge < -0.3 is 15.5 Å². The van der Waals surface area contributed by atoms with E-state index < -0.39 is 0 Å². The first-order valence-electron chi connectivity index (χ1n) is 9.41. The minimum absolute atomic E-state index is 0. The summed E-state index contributed by atoms with van der Waals surface area (Å²) < 4.78 is 1.93. The van der Waals surface area contributed by atoms with Crippen LogP contribution >= 0.6 is 35.7 Å². The SMILES string of the molecule is CN(C)C(=O)CN=C(NCCSc1ccccc1)NC1CCc2ncnn2C1.I. The average molecular weight is 529 g/mol. The van der Waals surface area contributed by atoms with E-state index in [1.54, 1.807) is 37.1 Å². The van der Waals surface area contributed by atoms with Gasteiger partial charge >= 0.3 is 0 Å². The molecule has 0 radical (unpaired) electrons. The van der Waals surface area contributed by atoms with Crippen LogP contribution in [0.3, 0.4) is 0 Å². The summed E-state index contributed by atoms with van der Waals surface area (Å²) in [5.74, 6) is 2.57. The van der Waals surface area contributed by atoms with Gasteiger partial charge in [-0.3, -0.25) is 4.79 Å². The lowest BCUT2D eigenvalue weighted by Crippen LogP contribution is -2.48. The van der Waals surface area contributed by atoms with E-state index in [0.29, 0.717) is 5.96 Å². The number of amides is 1. The number of guanidine groups is 1. The van der Waals surface area contributed by atoms with Crippen molar-refractivity contribution in [3.05, 3.63) is 42.5 Å². The highest BCUT2D eigenvalue weighted by molar-refractivity contribution is 14.0. The smallest absolute Gasteiger partial charge is 0.243 e. The molecule has 10 heteroatoms. The van der Waals surface area contributed by atoms with E-state index >= 15 is 0 Å². The third-order valence-corrected chi connectivity index (χ3v) is 5.44. The lowest BCUT2D eigenvalue weighted by molar-refractivity contribution is -0.127. The van der Waals surface area contributed by atoms with Crippen LogP contribution in [0.15, 0.2) is 46.5 Å². The molecule has 0 fully saturated rings. The van der Waals surface area contributed by atoms with E-state index in [9.17, 15) is 4.79 Å². The van der Waals surface area contributed by atoms with Gasteiger partial charge in [0.1, 0.15) is 18.7 Å². The molecular weight excluding hydrogens is 501 g/mol. The zero-order valence-corrected chi connectivity index (χ0v) is 19.9. The summed E-state index contributed by atoms with van der Waals surface area (Å²) in [6.45, 7) is 1.62. The summed E-state index contributed by atoms with van der Waals surface area (Å²) in [5.41, 5.74) is 0. The molecule has 2 heterocycles. The Hall–Kier alpha value is -1.82. The molecule has 1 aliphatic rings. The highest BCUT2D eigenvalue weighted by Gasteiger charge is 2.20. The monoisotopic (exact) mass is 529 g/mol. The summed E-state index contributed by atoms with van der Waals surface area (Å²) >= 11 is 1.79. The van der Waals surface area contributed by atoms with E-state index in [1.165, 1.54) is 4.90 Å². The summed E-state index contributed by atoms with van der Waals surface area (Å²) in [7, 11) is 3.48. The molecule has 0 saturated carbocycles. The van der Waals surface area contributed by atoms with Crippen LogP contribution in [0.2, 0.25) is 0 Å². The average Bonchev–Trinajstić information content (AvgIpc) is 3.17. The second-order valence-electron chi connectivity index (χ2n) is 6.78. The van der Waals surface area contributed by atoms with Crippen LogP contribution in [0.25, 0.3) is 0 Å². The number of hydrogen-bond acceptors (Lipinski definition) is 5. The second-order valence-corrected chi connectivity index (χ2v) is 7.95. The van der Waals surface area contributed by atoms with Gasteiger partial charge in [0, 0.05) is 43.8 Å². The number of aryl methyl sites for hydroxylation is 1. The van der Waals surface area contributed by atoms with Crippen molar-refractivity contribution in [2.24, 2.45) is 4.99 Å². The van der Waals surface area contributed by atoms with E-state index in [1.807, 2.05) is 22.9 Å². The highest BCUT2D eigenvalue weighted by Crippen LogP contribution is 2.15. The zero-order chi connectivity index (χ0) is 19.8. The lowest BCUT2D eigenvalue weighted by atomic mass is 10.1. The molecule has 1 amide bonds. The van der Waals surface area contributed by atoms with E-state index in [4.69, 9.17) is 0 Å². The first kappa shape index (κ1) is 23.5. The largest absolute Gasteiger partial charge is 0.356 e. The van der Waals surface area contributed by atoms with Crippen LogP contribution in [0.1, 0.15) is 12.2 Å². The molecule has 3 rings (SSSR count). The molecule has 2 aromatic rings. The lowest BCUT2D eigenvalue weighted by Gasteiger charge is -2.25. The molecule has 0 bridgehead atoms. The van der Waals surface area contributed by atoms with Gasteiger partial charge in [-0.25, -0.2) is 14.7 Å². The maximum absolute atomic E-state index is 11.9. The molecule has 2 N–H and O–H groups in total. The Bertz CT molecular complexity index is 797.